The number of likely N-dealkylation sites (tertiary alicyclic amines) is 1. The highest BCUT2D eigenvalue weighted by molar-refractivity contribution is 5.68. The maximum atomic E-state index is 12.8. The molecule has 41 heavy (non-hydrogen) atoms. The first-order chi connectivity index (χ1) is 19.2. The number of ether oxygens (including phenoxy) is 3. The lowest BCUT2D eigenvalue weighted by molar-refractivity contribution is -0.200. The molecule has 7 nitrogen and oxygen atoms in total. The van der Waals surface area contributed by atoms with Crippen LogP contribution in [0.1, 0.15) is 112 Å². The van der Waals surface area contributed by atoms with E-state index >= 15 is 0 Å². The van der Waals surface area contributed by atoms with Crippen LogP contribution in [0.2, 0.25) is 0 Å². The number of carbonyl (C=O) groups is 2. The van der Waals surface area contributed by atoms with E-state index in [2.05, 4.69) is 20.8 Å². The molecule has 0 aromatic rings. The fourth-order valence-electron chi connectivity index (χ4n) is 12.2. The second kappa shape index (κ2) is 9.09. The summed E-state index contributed by atoms with van der Waals surface area (Å²) in [6.07, 6.45) is 12.1. The molecule has 7 heteroatoms. The first-order valence-electron chi connectivity index (χ1n) is 16.7. The molecule has 7 rings (SSSR count). The first kappa shape index (κ1) is 28.4. The highest BCUT2D eigenvalue weighted by Crippen LogP contribution is 2.87. The number of hydrogen-bond acceptors (Lipinski definition) is 6. The zero-order valence-electron chi connectivity index (χ0n) is 26.2. The Morgan fingerprint density at radius 3 is 2.34 bits per heavy atom. The minimum absolute atomic E-state index is 0.0107. The largest absolute Gasteiger partial charge is 0.457 e. The zero-order valence-corrected chi connectivity index (χ0v) is 26.2. The molecule has 7 aliphatic rings. The number of amides is 1. The molecule has 7 fully saturated rings. The van der Waals surface area contributed by atoms with Crippen LogP contribution >= 0.6 is 0 Å². The quantitative estimate of drug-likeness (QED) is 0.410. The minimum Gasteiger partial charge on any atom is -0.457 e. The van der Waals surface area contributed by atoms with Crippen molar-refractivity contribution in [1.29, 1.82) is 0 Å². The molecule has 2 saturated heterocycles. The van der Waals surface area contributed by atoms with Crippen molar-refractivity contribution in [2.45, 2.75) is 142 Å². The summed E-state index contributed by atoms with van der Waals surface area (Å²) >= 11 is 0. The number of aliphatic hydroxyl groups is 1. The summed E-state index contributed by atoms with van der Waals surface area (Å²) in [6.45, 7) is 13.9. The van der Waals surface area contributed by atoms with Crippen LogP contribution < -0.4 is 0 Å². The third-order valence-corrected chi connectivity index (χ3v) is 14.2. The maximum Gasteiger partial charge on any atom is 0.410 e. The third-order valence-electron chi connectivity index (χ3n) is 14.2. The van der Waals surface area contributed by atoms with E-state index in [9.17, 15) is 14.7 Å². The first-order valence-corrected chi connectivity index (χ1v) is 16.7. The Hall–Kier alpha value is -1.34. The van der Waals surface area contributed by atoms with Crippen molar-refractivity contribution < 1.29 is 28.9 Å². The smallest absolute Gasteiger partial charge is 0.410 e. The fourth-order valence-corrected chi connectivity index (χ4v) is 12.2. The molecule has 2 heterocycles. The van der Waals surface area contributed by atoms with E-state index in [-0.39, 0.29) is 35.8 Å². The molecule has 8 unspecified atom stereocenters. The number of carbonyl (C=O) groups excluding carboxylic acids is 2. The van der Waals surface area contributed by atoms with Gasteiger partial charge < -0.3 is 24.2 Å². The molecule has 0 bridgehead atoms. The molecule has 0 aromatic heterocycles. The third kappa shape index (κ3) is 3.95. The lowest BCUT2D eigenvalue weighted by Gasteiger charge is -2.59. The predicted molar refractivity (Wildman–Crippen MR) is 154 cm³/mol. The number of esters is 1. The molecule has 5 saturated carbocycles. The Labute approximate surface area is 246 Å². The van der Waals surface area contributed by atoms with Gasteiger partial charge >= 0.3 is 12.1 Å². The van der Waals surface area contributed by atoms with Gasteiger partial charge in [-0.3, -0.25) is 4.79 Å². The van der Waals surface area contributed by atoms with E-state index in [4.69, 9.17) is 14.2 Å². The Morgan fingerprint density at radius 2 is 1.68 bits per heavy atom. The number of fused-ring (bicyclic) bond motifs is 4. The van der Waals surface area contributed by atoms with E-state index in [1.54, 1.807) is 13.8 Å². The van der Waals surface area contributed by atoms with Crippen molar-refractivity contribution in [2.75, 3.05) is 13.1 Å². The van der Waals surface area contributed by atoms with Gasteiger partial charge in [0.15, 0.2) is 6.10 Å². The van der Waals surface area contributed by atoms with Crippen LogP contribution in [0.15, 0.2) is 0 Å². The molecule has 11 atom stereocenters. The van der Waals surface area contributed by atoms with Crippen LogP contribution in [0.25, 0.3) is 0 Å². The van der Waals surface area contributed by atoms with Crippen molar-refractivity contribution in [3.63, 3.8) is 0 Å². The standard InChI is InChI=1S/C34H53NO6/c1-20(36)39-28(31(4,5)38)24-10-8-22-25(40-24)18-23-21-9-11-26-30(2,3)27(41-29(37)35-16-7-17-35)12-13-34(26)19-33(21,34)15-14-32(22,23)6/h21-28,38H,7-19H2,1-6H3/t21?,22?,23?,24?,25?,26?,27-,28-,32?,33-,34?/m0/s1. The van der Waals surface area contributed by atoms with Gasteiger partial charge in [0, 0.05) is 25.4 Å². The van der Waals surface area contributed by atoms with Gasteiger partial charge in [-0.2, -0.15) is 0 Å². The minimum atomic E-state index is -1.14. The summed E-state index contributed by atoms with van der Waals surface area (Å²) in [7, 11) is 0. The van der Waals surface area contributed by atoms with Crippen molar-refractivity contribution in [2.24, 2.45) is 45.3 Å². The zero-order chi connectivity index (χ0) is 29.2. The van der Waals surface area contributed by atoms with E-state index in [1.807, 2.05) is 4.90 Å². The van der Waals surface area contributed by atoms with E-state index in [0.717, 1.165) is 51.1 Å². The Kier molecular flexibility index (Phi) is 6.30. The van der Waals surface area contributed by atoms with E-state index in [1.165, 1.54) is 45.4 Å². The Morgan fingerprint density at radius 1 is 0.951 bits per heavy atom. The molecule has 1 amide bonds. The highest BCUT2D eigenvalue weighted by Gasteiger charge is 2.81. The average molecular weight is 572 g/mol. The van der Waals surface area contributed by atoms with E-state index < -0.39 is 11.7 Å². The molecule has 0 aromatic carbocycles. The van der Waals surface area contributed by atoms with Gasteiger partial charge in [0.25, 0.3) is 0 Å². The van der Waals surface area contributed by atoms with Crippen LogP contribution in [0.5, 0.6) is 0 Å². The highest BCUT2D eigenvalue weighted by atomic mass is 16.6. The Bertz CT molecular complexity index is 1100. The van der Waals surface area contributed by atoms with Gasteiger partial charge in [0.05, 0.1) is 17.8 Å². The topological polar surface area (TPSA) is 85.3 Å². The molecule has 1 N–H and O–H groups in total. The number of hydrogen-bond donors (Lipinski definition) is 1. The Balaban J connectivity index is 1.09. The molecule has 5 aliphatic carbocycles. The van der Waals surface area contributed by atoms with Gasteiger partial charge in [0.1, 0.15) is 6.10 Å². The summed E-state index contributed by atoms with van der Waals surface area (Å²) in [5.74, 6) is 2.23. The SMILES string of the molecule is CC(=O)O[C@@H](C1CCC2C(CC3C4CCC5C(C)(C)[C@@H](OC(=O)N6CCC6)CCC56C[C@@]46CCC23C)O1)C(C)(C)O. The van der Waals surface area contributed by atoms with Gasteiger partial charge in [-0.15, -0.1) is 0 Å². The number of nitrogens with zero attached hydrogens (tertiary/aromatic N) is 1. The molecular weight excluding hydrogens is 518 g/mol. The maximum absolute atomic E-state index is 12.8. The summed E-state index contributed by atoms with van der Waals surface area (Å²) in [5.41, 5.74) is 0.0313. The monoisotopic (exact) mass is 571 g/mol. The molecule has 2 aliphatic heterocycles. The molecule has 230 valence electrons. The van der Waals surface area contributed by atoms with Gasteiger partial charge in [-0.1, -0.05) is 20.8 Å². The van der Waals surface area contributed by atoms with Crippen LogP contribution in [-0.4, -0.2) is 65.2 Å². The summed E-state index contributed by atoms with van der Waals surface area (Å²) in [6, 6.07) is 0. The van der Waals surface area contributed by atoms with Crippen LogP contribution in [0, 0.1) is 45.3 Å². The van der Waals surface area contributed by atoms with Gasteiger partial charge in [-0.25, -0.2) is 4.79 Å². The molecule has 2 spiro atoms. The molecule has 0 radical (unpaired) electrons. The normalized spacial score (nSPS) is 48.3. The summed E-state index contributed by atoms with van der Waals surface area (Å²) in [4.78, 5) is 26.5. The lowest BCUT2D eigenvalue weighted by atomic mass is 9.46. The van der Waals surface area contributed by atoms with Crippen LogP contribution in [0.4, 0.5) is 4.79 Å². The van der Waals surface area contributed by atoms with E-state index in [0.29, 0.717) is 34.0 Å². The number of rotatable bonds is 4. The van der Waals surface area contributed by atoms with Crippen LogP contribution in [-0.2, 0) is 19.0 Å². The second-order valence-electron chi connectivity index (χ2n) is 16.7. The average Bonchev–Trinajstić information content (AvgIpc) is 3.42. The van der Waals surface area contributed by atoms with Crippen molar-refractivity contribution in [3.05, 3.63) is 0 Å². The van der Waals surface area contributed by atoms with Crippen molar-refractivity contribution in [1.82, 2.24) is 4.90 Å². The lowest BCUT2D eigenvalue weighted by Crippen LogP contribution is -2.56. The molecular formula is C34H53NO6. The second-order valence-corrected chi connectivity index (χ2v) is 16.7. The summed E-state index contributed by atoms with van der Waals surface area (Å²) in [5, 5.41) is 10.8. The van der Waals surface area contributed by atoms with Gasteiger partial charge in [0.2, 0.25) is 0 Å². The van der Waals surface area contributed by atoms with Crippen molar-refractivity contribution in [3.8, 4) is 0 Å². The van der Waals surface area contributed by atoms with Crippen LogP contribution in [0.3, 0.4) is 0 Å². The summed E-state index contributed by atoms with van der Waals surface area (Å²) < 4.78 is 18.7. The predicted octanol–water partition coefficient (Wildman–Crippen LogP) is 6.11. The van der Waals surface area contributed by atoms with Gasteiger partial charge in [-0.05, 0) is 124 Å². The van der Waals surface area contributed by atoms with Crippen molar-refractivity contribution >= 4 is 12.1 Å². The fraction of sp³-hybridized carbons (Fsp3) is 0.941.